The summed E-state index contributed by atoms with van der Waals surface area (Å²) in [5.41, 5.74) is -0.977. The van der Waals surface area contributed by atoms with Crippen LogP contribution in [0.1, 0.15) is 40.5 Å². The van der Waals surface area contributed by atoms with Crippen molar-refractivity contribution < 1.29 is 19.0 Å². The van der Waals surface area contributed by atoms with Crippen molar-refractivity contribution in [1.82, 2.24) is 10.6 Å². The minimum atomic E-state index is -0.696. The molecule has 0 atom stereocenters. The van der Waals surface area contributed by atoms with Crippen LogP contribution in [-0.4, -0.2) is 57.0 Å². The first-order valence-corrected chi connectivity index (χ1v) is 8.80. The van der Waals surface area contributed by atoms with Gasteiger partial charge >= 0.3 is 0 Å². The van der Waals surface area contributed by atoms with E-state index in [1.807, 2.05) is 27.7 Å². The number of nitrogens with one attached hydrogen (secondary N) is 2. The molecule has 1 fully saturated rings. The molecule has 0 aromatic heterocycles. The Morgan fingerprint density at radius 3 is 2.64 bits per heavy atom. The van der Waals surface area contributed by atoms with Crippen LogP contribution in [0.5, 0.6) is 0 Å². The SMILES string of the molecule is COCC(C)(C)C1=CC(NC(=O)C(C)(C)NC2CCOCC2)=NCO1. The van der Waals surface area contributed by atoms with Crippen LogP contribution in [0.3, 0.4) is 0 Å². The van der Waals surface area contributed by atoms with Crippen molar-refractivity contribution in [2.75, 3.05) is 33.7 Å². The number of carbonyl (C=O) groups excluding carboxylic acids is 1. The molecule has 1 amide bonds. The number of hydrogen-bond acceptors (Lipinski definition) is 6. The fourth-order valence-electron chi connectivity index (χ4n) is 2.97. The number of rotatable bonds is 6. The average molecular weight is 353 g/mol. The van der Waals surface area contributed by atoms with Crippen molar-refractivity contribution in [3.63, 3.8) is 0 Å². The number of methoxy groups -OCH3 is 1. The third-order valence-corrected chi connectivity index (χ3v) is 4.49. The van der Waals surface area contributed by atoms with Gasteiger partial charge in [0.1, 0.15) is 11.6 Å². The summed E-state index contributed by atoms with van der Waals surface area (Å²) in [5, 5.41) is 6.34. The minimum absolute atomic E-state index is 0.111. The molecule has 2 N–H and O–H groups in total. The van der Waals surface area contributed by atoms with E-state index in [0.717, 1.165) is 31.8 Å². The van der Waals surface area contributed by atoms with Gasteiger partial charge in [0.15, 0.2) is 6.73 Å². The van der Waals surface area contributed by atoms with Gasteiger partial charge in [-0.15, -0.1) is 0 Å². The first-order chi connectivity index (χ1) is 11.7. The van der Waals surface area contributed by atoms with Crippen LogP contribution in [0.4, 0.5) is 0 Å². The summed E-state index contributed by atoms with van der Waals surface area (Å²) in [6.45, 7) is 10.0. The lowest BCUT2D eigenvalue weighted by molar-refractivity contribution is -0.125. The van der Waals surface area contributed by atoms with Gasteiger partial charge < -0.3 is 24.8 Å². The molecule has 0 bridgehead atoms. The summed E-state index contributed by atoms with van der Waals surface area (Å²) in [6, 6.07) is 0.290. The topological polar surface area (TPSA) is 81.2 Å². The van der Waals surface area contributed by atoms with Gasteiger partial charge in [0, 0.05) is 37.9 Å². The van der Waals surface area contributed by atoms with E-state index in [1.54, 1.807) is 13.2 Å². The fourth-order valence-corrected chi connectivity index (χ4v) is 2.97. The molecule has 7 heteroatoms. The third kappa shape index (κ3) is 5.52. The van der Waals surface area contributed by atoms with Crippen molar-refractivity contribution in [2.24, 2.45) is 10.4 Å². The van der Waals surface area contributed by atoms with Crippen LogP contribution < -0.4 is 10.6 Å². The van der Waals surface area contributed by atoms with Gasteiger partial charge in [-0.2, -0.15) is 0 Å². The Labute approximate surface area is 150 Å². The monoisotopic (exact) mass is 353 g/mol. The number of aliphatic imine (C=N–C) groups is 1. The molecular weight excluding hydrogens is 322 g/mol. The summed E-state index contributed by atoms with van der Waals surface area (Å²) >= 11 is 0. The molecule has 0 aromatic carbocycles. The largest absolute Gasteiger partial charge is 0.475 e. The number of amidine groups is 1. The normalized spacial score (nSPS) is 19.7. The number of hydrogen-bond donors (Lipinski definition) is 2. The fraction of sp³-hybridized carbons (Fsp3) is 0.778. The molecule has 142 valence electrons. The van der Waals surface area contributed by atoms with Crippen LogP contribution in [0, 0.1) is 5.41 Å². The highest BCUT2D eigenvalue weighted by molar-refractivity contribution is 6.07. The Morgan fingerprint density at radius 2 is 2.00 bits per heavy atom. The van der Waals surface area contributed by atoms with Crippen LogP contribution in [0.2, 0.25) is 0 Å². The minimum Gasteiger partial charge on any atom is -0.475 e. The van der Waals surface area contributed by atoms with Crippen molar-refractivity contribution in [3.8, 4) is 0 Å². The molecule has 0 aromatic rings. The van der Waals surface area contributed by atoms with Crippen molar-refractivity contribution in [2.45, 2.75) is 52.1 Å². The predicted molar refractivity (Wildman–Crippen MR) is 96.3 cm³/mol. The second-order valence-corrected chi connectivity index (χ2v) is 7.75. The molecule has 2 aliphatic rings. The van der Waals surface area contributed by atoms with Gasteiger partial charge in [0.25, 0.3) is 0 Å². The van der Waals surface area contributed by atoms with Gasteiger partial charge in [0.2, 0.25) is 5.91 Å². The van der Waals surface area contributed by atoms with Crippen LogP contribution in [-0.2, 0) is 19.0 Å². The zero-order chi connectivity index (χ0) is 18.5. The Morgan fingerprint density at radius 1 is 1.32 bits per heavy atom. The second-order valence-electron chi connectivity index (χ2n) is 7.75. The van der Waals surface area contributed by atoms with Crippen LogP contribution in [0.25, 0.3) is 0 Å². The maximum Gasteiger partial charge on any atom is 0.245 e. The van der Waals surface area contributed by atoms with E-state index >= 15 is 0 Å². The zero-order valence-electron chi connectivity index (χ0n) is 16.0. The smallest absolute Gasteiger partial charge is 0.245 e. The Hall–Kier alpha value is -1.44. The van der Waals surface area contributed by atoms with E-state index in [-0.39, 0.29) is 24.1 Å². The van der Waals surface area contributed by atoms with Crippen LogP contribution in [0.15, 0.2) is 16.8 Å². The molecule has 25 heavy (non-hydrogen) atoms. The number of ether oxygens (including phenoxy) is 3. The molecule has 1 saturated heterocycles. The molecule has 0 radical (unpaired) electrons. The lowest BCUT2D eigenvalue weighted by Gasteiger charge is -2.33. The maximum absolute atomic E-state index is 12.7. The lowest BCUT2D eigenvalue weighted by Crippen LogP contribution is -2.57. The van der Waals surface area contributed by atoms with E-state index in [0.29, 0.717) is 12.4 Å². The first-order valence-electron chi connectivity index (χ1n) is 8.80. The number of nitrogens with zero attached hydrogens (tertiary/aromatic N) is 1. The van der Waals surface area contributed by atoms with E-state index in [1.165, 1.54) is 0 Å². The number of amides is 1. The molecule has 2 rings (SSSR count). The van der Waals surface area contributed by atoms with Gasteiger partial charge in [-0.1, -0.05) is 13.8 Å². The molecule has 2 aliphatic heterocycles. The second kappa shape index (κ2) is 8.29. The Kier molecular flexibility index (Phi) is 6.59. The van der Waals surface area contributed by atoms with Gasteiger partial charge in [-0.3, -0.25) is 4.79 Å². The number of carbonyl (C=O) groups is 1. The summed E-state index contributed by atoms with van der Waals surface area (Å²) < 4.78 is 16.2. The molecule has 0 saturated carbocycles. The van der Waals surface area contributed by atoms with Crippen molar-refractivity contribution in [1.29, 1.82) is 0 Å². The first kappa shape index (κ1) is 19.9. The van der Waals surface area contributed by atoms with E-state index < -0.39 is 5.54 Å². The van der Waals surface area contributed by atoms with Crippen molar-refractivity contribution >= 4 is 11.7 Å². The molecule has 0 spiro atoms. The summed E-state index contributed by atoms with van der Waals surface area (Å²) in [7, 11) is 1.66. The molecule has 7 nitrogen and oxygen atoms in total. The molecule has 0 aliphatic carbocycles. The summed E-state index contributed by atoms with van der Waals surface area (Å²) in [4.78, 5) is 17.0. The summed E-state index contributed by atoms with van der Waals surface area (Å²) in [6.07, 6.45) is 3.62. The lowest BCUT2D eigenvalue weighted by atomic mass is 9.91. The standard InChI is InChI=1S/C18H31N3O4/c1-17(2,11-23-5)14-10-15(19-12-25-14)20-16(22)18(3,4)21-13-6-8-24-9-7-13/h10,13,21H,6-9,11-12H2,1-5H3,(H,19,20,22). The third-order valence-electron chi connectivity index (χ3n) is 4.49. The molecular formula is C18H31N3O4. The maximum atomic E-state index is 12.7. The Bertz CT molecular complexity index is 534. The van der Waals surface area contributed by atoms with E-state index in [4.69, 9.17) is 14.2 Å². The van der Waals surface area contributed by atoms with Crippen molar-refractivity contribution in [3.05, 3.63) is 11.8 Å². The molecule has 2 heterocycles. The predicted octanol–water partition coefficient (Wildman–Crippen LogP) is 1.59. The van der Waals surface area contributed by atoms with Gasteiger partial charge in [-0.25, -0.2) is 4.99 Å². The summed E-state index contributed by atoms with van der Waals surface area (Å²) in [5.74, 6) is 1.17. The van der Waals surface area contributed by atoms with E-state index in [2.05, 4.69) is 15.6 Å². The van der Waals surface area contributed by atoms with Crippen LogP contribution >= 0.6 is 0 Å². The van der Waals surface area contributed by atoms with Gasteiger partial charge in [-0.05, 0) is 26.7 Å². The van der Waals surface area contributed by atoms with Gasteiger partial charge in [0.05, 0.1) is 12.1 Å². The Balaban J connectivity index is 1.98. The average Bonchev–Trinajstić information content (AvgIpc) is 2.55. The van der Waals surface area contributed by atoms with E-state index in [9.17, 15) is 4.79 Å². The highest BCUT2D eigenvalue weighted by Crippen LogP contribution is 2.28. The quantitative estimate of drug-likeness (QED) is 0.758. The molecule has 0 unspecified atom stereocenters. The zero-order valence-corrected chi connectivity index (χ0v) is 16.0. The highest BCUT2D eigenvalue weighted by atomic mass is 16.5. The highest BCUT2D eigenvalue weighted by Gasteiger charge is 2.33.